The molecule has 0 aliphatic heterocycles. The second-order valence-corrected chi connectivity index (χ2v) is 3.99. The van der Waals surface area contributed by atoms with E-state index in [4.69, 9.17) is 16.9 Å². The molecule has 0 bridgehead atoms. The number of halogens is 1. The molecular formula is C12H14ClN. The van der Waals surface area contributed by atoms with E-state index >= 15 is 0 Å². The maximum Gasteiger partial charge on any atom is 0.0671 e. The van der Waals surface area contributed by atoms with Crippen molar-refractivity contribution in [1.29, 1.82) is 5.26 Å². The van der Waals surface area contributed by atoms with Gasteiger partial charge < -0.3 is 0 Å². The van der Waals surface area contributed by atoms with E-state index in [1.807, 2.05) is 0 Å². The molecule has 1 aromatic carbocycles. The minimum absolute atomic E-state index is 0.0714. The quantitative estimate of drug-likeness (QED) is 0.699. The first-order valence-corrected chi connectivity index (χ1v) is 5.22. The number of aryl methyl sites for hydroxylation is 2. The predicted molar refractivity (Wildman–Crippen MR) is 59.4 cm³/mol. The molecule has 1 rings (SSSR count). The molecule has 0 saturated carbocycles. The van der Waals surface area contributed by atoms with Gasteiger partial charge in [0.1, 0.15) is 0 Å². The van der Waals surface area contributed by atoms with Gasteiger partial charge in [-0.25, -0.2) is 0 Å². The lowest BCUT2D eigenvalue weighted by atomic mass is 9.99. The van der Waals surface area contributed by atoms with Crippen molar-refractivity contribution in [2.75, 3.05) is 5.88 Å². The Morgan fingerprint density at radius 1 is 1.29 bits per heavy atom. The van der Waals surface area contributed by atoms with Gasteiger partial charge in [0.25, 0.3) is 0 Å². The Balaban J connectivity index is 2.82. The van der Waals surface area contributed by atoms with E-state index in [0.29, 0.717) is 5.88 Å². The fraction of sp³-hybridized carbons (Fsp3) is 0.417. The third-order valence-corrected chi connectivity index (χ3v) is 2.50. The first-order chi connectivity index (χ1) is 6.65. The van der Waals surface area contributed by atoms with Gasteiger partial charge in [-0.15, -0.1) is 11.6 Å². The molecule has 1 unspecified atom stereocenters. The lowest BCUT2D eigenvalue weighted by molar-refractivity contribution is 0.745. The Hall–Kier alpha value is -1.000. The number of nitrogens with zero attached hydrogens (tertiary/aromatic N) is 1. The van der Waals surface area contributed by atoms with E-state index in [0.717, 1.165) is 6.42 Å². The summed E-state index contributed by atoms with van der Waals surface area (Å²) in [6, 6.07) is 8.57. The van der Waals surface area contributed by atoms with Crippen molar-refractivity contribution in [2.24, 2.45) is 5.92 Å². The highest BCUT2D eigenvalue weighted by Gasteiger charge is 2.07. The summed E-state index contributed by atoms with van der Waals surface area (Å²) in [6.45, 7) is 4.14. The molecule has 14 heavy (non-hydrogen) atoms. The number of hydrogen-bond donors (Lipinski definition) is 0. The second-order valence-electron chi connectivity index (χ2n) is 3.68. The molecule has 0 fully saturated rings. The van der Waals surface area contributed by atoms with Gasteiger partial charge in [-0.1, -0.05) is 29.3 Å². The molecule has 0 amide bonds. The zero-order valence-corrected chi connectivity index (χ0v) is 9.30. The van der Waals surface area contributed by atoms with Gasteiger partial charge in [0.05, 0.1) is 12.0 Å². The van der Waals surface area contributed by atoms with Crippen LogP contribution < -0.4 is 0 Å². The van der Waals surface area contributed by atoms with Crippen LogP contribution in [0.15, 0.2) is 18.2 Å². The van der Waals surface area contributed by atoms with E-state index in [1.54, 1.807) is 0 Å². The molecule has 0 aromatic heterocycles. The molecule has 0 radical (unpaired) electrons. The summed E-state index contributed by atoms with van der Waals surface area (Å²) >= 11 is 5.67. The first kappa shape index (κ1) is 11.1. The Bertz CT molecular complexity index is 332. The van der Waals surface area contributed by atoms with Crippen molar-refractivity contribution in [1.82, 2.24) is 0 Å². The fourth-order valence-electron chi connectivity index (χ4n) is 1.61. The minimum Gasteiger partial charge on any atom is -0.198 e. The Morgan fingerprint density at radius 3 is 2.29 bits per heavy atom. The zero-order chi connectivity index (χ0) is 10.6. The monoisotopic (exact) mass is 207 g/mol. The molecule has 1 aromatic rings. The van der Waals surface area contributed by atoms with Crippen LogP contribution in [0, 0.1) is 31.1 Å². The van der Waals surface area contributed by atoms with Crippen molar-refractivity contribution in [2.45, 2.75) is 20.3 Å². The highest BCUT2D eigenvalue weighted by Crippen LogP contribution is 2.14. The van der Waals surface area contributed by atoms with Crippen LogP contribution in [0.25, 0.3) is 0 Å². The maximum absolute atomic E-state index is 8.79. The first-order valence-electron chi connectivity index (χ1n) is 4.68. The summed E-state index contributed by atoms with van der Waals surface area (Å²) in [4.78, 5) is 0. The van der Waals surface area contributed by atoms with E-state index in [-0.39, 0.29) is 5.92 Å². The van der Waals surface area contributed by atoms with Gasteiger partial charge in [-0.2, -0.15) is 5.26 Å². The number of nitriles is 1. The molecule has 1 nitrogen and oxygen atoms in total. The van der Waals surface area contributed by atoms with E-state index in [1.165, 1.54) is 16.7 Å². The van der Waals surface area contributed by atoms with Crippen molar-refractivity contribution >= 4 is 11.6 Å². The molecule has 0 spiro atoms. The van der Waals surface area contributed by atoms with Gasteiger partial charge in [-0.05, 0) is 25.8 Å². The van der Waals surface area contributed by atoms with Crippen LogP contribution in [0.4, 0.5) is 0 Å². The minimum atomic E-state index is -0.0714. The number of hydrogen-bond acceptors (Lipinski definition) is 1. The van der Waals surface area contributed by atoms with Crippen molar-refractivity contribution < 1.29 is 0 Å². The molecular weight excluding hydrogens is 194 g/mol. The summed E-state index contributed by atoms with van der Waals surface area (Å²) in [5.74, 6) is 0.335. The Kier molecular flexibility index (Phi) is 3.98. The van der Waals surface area contributed by atoms with Gasteiger partial charge in [0.15, 0.2) is 0 Å². The van der Waals surface area contributed by atoms with E-state index < -0.39 is 0 Å². The number of rotatable bonds is 3. The van der Waals surface area contributed by atoms with Crippen LogP contribution >= 0.6 is 11.6 Å². The predicted octanol–water partition coefficient (Wildman–Crippen LogP) is 3.22. The van der Waals surface area contributed by atoms with E-state index in [9.17, 15) is 0 Å². The summed E-state index contributed by atoms with van der Waals surface area (Å²) < 4.78 is 0. The van der Waals surface area contributed by atoms with Gasteiger partial charge in [0.2, 0.25) is 0 Å². The van der Waals surface area contributed by atoms with Crippen molar-refractivity contribution in [3.8, 4) is 6.07 Å². The highest BCUT2D eigenvalue weighted by atomic mass is 35.5. The number of alkyl halides is 1. The average Bonchev–Trinajstić information content (AvgIpc) is 2.12. The normalized spacial score (nSPS) is 12.1. The fourth-order valence-corrected chi connectivity index (χ4v) is 1.78. The third kappa shape index (κ3) is 3.05. The standard InChI is InChI=1S/C12H14ClN/c1-9-3-10(2)5-11(4-9)6-12(7-13)8-14/h3-5,12H,6-7H2,1-2H3. The average molecular weight is 208 g/mol. The highest BCUT2D eigenvalue weighted by molar-refractivity contribution is 6.18. The van der Waals surface area contributed by atoms with Crippen LogP contribution in [-0.2, 0) is 6.42 Å². The summed E-state index contributed by atoms with van der Waals surface area (Å²) in [7, 11) is 0. The molecule has 74 valence electrons. The SMILES string of the molecule is Cc1cc(C)cc(CC(C#N)CCl)c1. The van der Waals surface area contributed by atoms with Crippen LogP contribution in [0.1, 0.15) is 16.7 Å². The topological polar surface area (TPSA) is 23.8 Å². The molecule has 0 N–H and O–H groups in total. The molecule has 0 aliphatic carbocycles. The molecule has 2 heteroatoms. The van der Waals surface area contributed by atoms with Gasteiger partial charge in [-0.3, -0.25) is 0 Å². The van der Waals surface area contributed by atoms with Gasteiger partial charge in [0, 0.05) is 5.88 Å². The molecule has 1 atom stereocenters. The van der Waals surface area contributed by atoms with Crippen LogP contribution in [0.2, 0.25) is 0 Å². The van der Waals surface area contributed by atoms with Crippen molar-refractivity contribution in [3.05, 3.63) is 34.9 Å². The largest absolute Gasteiger partial charge is 0.198 e. The molecule has 0 saturated heterocycles. The lowest BCUT2D eigenvalue weighted by Crippen LogP contribution is -2.03. The lowest BCUT2D eigenvalue weighted by Gasteiger charge is -2.07. The second kappa shape index (κ2) is 5.02. The zero-order valence-electron chi connectivity index (χ0n) is 8.55. The molecule has 0 heterocycles. The smallest absolute Gasteiger partial charge is 0.0671 e. The summed E-state index contributed by atoms with van der Waals surface area (Å²) in [5, 5.41) is 8.79. The van der Waals surface area contributed by atoms with Crippen molar-refractivity contribution in [3.63, 3.8) is 0 Å². The maximum atomic E-state index is 8.79. The molecule has 0 aliphatic rings. The Labute approximate surface area is 90.3 Å². The van der Waals surface area contributed by atoms with Crippen LogP contribution in [0.5, 0.6) is 0 Å². The van der Waals surface area contributed by atoms with E-state index in [2.05, 4.69) is 38.1 Å². The third-order valence-electron chi connectivity index (χ3n) is 2.13. The number of benzene rings is 1. The summed E-state index contributed by atoms with van der Waals surface area (Å²) in [5.41, 5.74) is 3.69. The summed E-state index contributed by atoms with van der Waals surface area (Å²) in [6.07, 6.45) is 0.752. The van der Waals surface area contributed by atoms with Crippen LogP contribution in [-0.4, -0.2) is 5.88 Å². The Morgan fingerprint density at radius 2 is 1.86 bits per heavy atom. The van der Waals surface area contributed by atoms with Crippen LogP contribution in [0.3, 0.4) is 0 Å². The van der Waals surface area contributed by atoms with Gasteiger partial charge >= 0.3 is 0 Å².